The van der Waals surface area contributed by atoms with E-state index in [0.717, 1.165) is 46.8 Å². The number of benzene rings is 1. The monoisotopic (exact) mass is 338 g/mol. The summed E-state index contributed by atoms with van der Waals surface area (Å²) in [5.41, 5.74) is 1.17. The Morgan fingerprint density at radius 2 is 1.96 bits per heavy atom. The fourth-order valence-corrected chi connectivity index (χ4v) is 3.98. The zero-order valence-corrected chi connectivity index (χ0v) is 14.1. The fourth-order valence-electron chi connectivity index (χ4n) is 2.98. The van der Waals surface area contributed by atoms with Crippen LogP contribution < -0.4 is 5.32 Å². The van der Waals surface area contributed by atoms with Crippen LogP contribution in [0.2, 0.25) is 0 Å². The Morgan fingerprint density at radius 3 is 2.75 bits per heavy atom. The predicted molar refractivity (Wildman–Crippen MR) is 97.2 cm³/mol. The maximum Gasteiger partial charge on any atom is 0.241 e. The smallest absolute Gasteiger partial charge is 0.241 e. The minimum absolute atomic E-state index is 0.137. The molecule has 1 aromatic carbocycles. The molecule has 1 N–H and O–H groups in total. The molecule has 3 heterocycles. The number of carbonyl (C=O) groups excluding carboxylic acids is 1. The highest BCUT2D eigenvalue weighted by atomic mass is 32.1. The lowest BCUT2D eigenvalue weighted by atomic mass is 10.2. The van der Waals surface area contributed by atoms with Crippen LogP contribution in [0.5, 0.6) is 0 Å². The minimum atomic E-state index is 0.137. The van der Waals surface area contributed by atoms with E-state index in [1.165, 1.54) is 5.56 Å². The van der Waals surface area contributed by atoms with Crippen LogP contribution in [0.1, 0.15) is 12.8 Å². The first-order valence-electron chi connectivity index (χ1n) is 8.13. The van der Waals surface area contributed by atoms with Gasteiger partial charge < -0.3 is 10.2 Å². The Morgan fingerprint density at radius 1 is 1.17 bits per heavy atom. The van der Waals surface area contributed by atoms with E-state index in [0.29, 0.717) is 0 Å². The molecule has 1 saturated heterocycles. The molecule has 24 heavy (non-hydrogen) atoms. The highest BCUT2D eigenvalue weighted by Crippen LogP contribution is 2.34. The number of nitrogens with zero attached hydrogens (tertiary/aromatic N) is 3. The third-order valence-electron chi connectivity index (χ3n) is 4.25. The highest BCUT2D eigenvalue weighted by Gasteiger charge is 2.18. The van der Waals surface area contributed by atoms with E-state index >= 15 is 0 Å². The van der Waals surface area contributed by atoms with Gasteiger partial charge in [0.1, 0.15) is 17.0 Å². The van der Waals surface area contributed by atoms with Crippen molar-refractivity contribution in [2.75, 3.05) is 25.0 Å². The molecule has 1 aliphatic heterocycles. The van der Waals surface area contributed by atoms with Crippen molar-refractivity contribution >= 4 is 33.3 Å². The molecule has 122 valence electrons. The molecular weight excluding hydrogens is 320 g/mol. The molecule has 0 unspecified atom stereocenters. The number of likely N-dealkylation sites (tertiary alicyclic amines) is 1. The van der Waals surface area contributed by atoms with Crippen LogP contribution in [0.3, 0.4) is 0 Å². The van der Waals surface area contributed by atoms with E-state index in [1.54, 1.807) is 17.7 Å². The number of aromatic nitrogens is 2. The van der Waals surface area contributed by atoms with Gasteiger partial charge in [-0.3, -0.25) is 4.79 Å². The third kappa shape index (κ3) is 2.97. The van der Waals surface area contributed by atoms with Crippen molar-refractivity contribution in [3.8, 4) is 10.4 Å². The molecule has 5 nitrogen and oxygen atoms in total. The van der Waals surface area contributed by atoms with Crippen molar-refractivity contribution in [2.24, 2.45) is 0 Å². The minimum Gasteiger partial charge on any atom is -0.360 e. The van der Waals surface area contributed by atoms with E-state index in [1.807, 2.05) is 23.1 Å². The van der Waals surface area contributed by atoms with E-state index < -0.39 is 0 Å². The standard InChI is InChI=1S/C18H18N4OS/c23-16(22-8-4-5-9-22)11-19-17-14-10-15(13-6-2-1-3-7-13)24-18(14)21-12-20-17/h1-3,6-7,10,12H,4-5,8-9,11H2,(H,19,20,21). The van der Waals surface area contributed by atoms with Gasteiger partial charge in [0, 0.05) is 18.0 Å². The molecule has 2 aromatic heterocycles. The molecule has 0 aliphatic carbocycles. The van der Waals surface area contributed by atoms with Crippen LogP contribution in [-0.2, 0) is 4.79 Å². The normalized spacial score (nSPS) is 14.2. The van der Waals surface area contributed by atoms with Gasteiger partial charge >= 0.3 is 0 Å². The van der Waals surface area contributed by atoms with Crippen LogP contribution in [0.15, 0.2) is 42.7 Å². The van der Waals surface area contributed by atoms with Gasteiger partial charge in [-0.05, 0) is 24.5 Å². The summed E-state index contributed by atoms with van der Waals surface area (Å²) in [4.78, 5) is 24.9. The zero-order valence-electron chi connectivity index (χ0n) is 13.2. The van der Waals surface area contributed by atoms with Gasteiger partial charge in [0.05, 0.1) is 11.9 Å². The molecule has 0 spiro atoms. The average Bonchev–Trinajstić information content (AvgIpc) is 3.30. The summed E-state index contributed by atoms with van der Waals surface area (Å²) in [7, 11) is 0. The van der Waals surface area contributed by atoms with Gasteiger partial charge in [-0.15, -0.1) is 11.3 Å². The highest BCUT2D eigenvalue weighted by molar-refractivity contribution is 7.21. The molecule has 3 aromatic rings. The first-order chi connectivity index (χ1) is 11.8. The Bertz CT molecular complexity index is 856. The summed E-state index contributed by atoms with van der Waals surface area (Å²) in [6.45, 7) is 2.02. The van der Waals surface area contributed by atoms with Crippen LogP contribution >= 0.6 is 11.3 Å². The lowest BCUT2D eigenvalue weighted by molar-refractivity contribution is -0.128. The largest absolute Gasteiger partial charge is 0.360 e. The summed E-state index contributed by atoms with van der Waals surface area (Å²) in [5.74, 6) is 0.865. The SMILES string of the molecule is O=C(CNc1ncnc2sc(-c3ccccc3)cc12)N1CCCC1. The number of anilines is 1. The number of hydrogen-bond acceptors (Lipinski definition) is 5. The third-order valence-corrected chi connectivity index (χ3v) is 5.35. The van der Waals surface area contributed by atoms with E-state index in [9.17, 15) is 4.79 Å². The second-order valence-electron chi connectivity index (χ2n) is 5.86. The predicted octanol–water partition coefficient (Wildman–Crippen LogP) is 3.39. The van der Waals surface area contributed by atoms with Crippen molar-refractivity contribution in [3.63, 3.8) is 0 Å². The van der Waals surface area contributed by atoms with Crippen LogP contribution in [0.25, 0.3) is 20.7 Å². The van der Waals surface area contributed by atoms with Crippen molar-refractivity contribution in [3.05, 3.63) is 42.7 Å². The molecule has 4 rings (SSSR count). The number of fused-ring (bicyclic) bond motifs is 1. The lowest BCUT2D eigenvalue weighted by Crippen LogP contribution is -2.33. The Hall–Kier alpha value is -2.47. The maximum atomic E-state index is 12.2. The molecule has 1 aliphatic rings. The van der Waals surface area contributed by atoms with Gasteiger partial charge in [-0.2, -0.15) is 0 Å². The molecule has 1 fully saturated rings. The number of amides is 1. The second kappa shape index (κ2) is 6.57. The first kappa shape index (κ1) is 15.1. The number of rotatable bonds is 4. The molecule has 0 bridgehead atoms. The molecule has 0 atom stereocenters. The number of carbonyl (C=O) groups is 1. The fraction of sp³-hybridized carbons (Fsp3) is 0.278. The molecule has 1 amide bonds. The Kier molecular flexibility index (Phi) is 4.13. The molecule has 6 heteroatoms. The molecular formula is C18H18N4OS. The van der Waals surface area contributed by atoms with Crippen LogP contribution in [0.4, 0.5) is 5.82 Å². The Balaban J connectivity index is 1.57. The van der Waals surface area contributed by atoms with Crippen molar-refractivity contribution in [1.29, 1.82) is 0 Å². The summed E-state index contributed by atoms with van der Waals surface area (Å²) in [6, 6.07) is 12.3. The van der Waals surface area contributed by atoms with E-state index in [2.05, 4.69) is 33.5 Å². The number of thiophene rings is 1. The lowest BCUT2D eigenvalue weighted by Gasteiger charge is -2.15. The summed E-state index contributed by atoms with van der Waals surface area (Å²) >= 11 is 1.64. The van der Waals surface area contributed by atoms with Gasteiger partial charge in [-0.25, -0.2) is 9.97 Å². The molecule has 0 radical (unpaired) electrons. The average molecular weight is 338 g/mol. The zero-order chi connectivity index (χ0) is 16.4. The summed E-state index contributed by atoms with van der Waals surface area (Å²) in [6.07, 6.45) is 3.76. The van der Waals surface area contributed by atoms with Crippen molar-refractivity contribution < 1.29 is 4.79 Å². The van der Waals surface area contributed by atoms with Gasteiger partial charge in [0.15, 0.2) is 0 Å². The van der Waals surface area contributed by atoms with Crippen LogP contribution in [-0.4, -0.2) is 40.4 Å². The second-order valence-corrected chi connectivity index (χ2v) is 6.89. The quantitative estimate of drug-likeness (QED) is 0.792. The van der Waals surface area contributed by atoms with E-state index in [-0.39, 0.29) is 12.5 Å². The van der Waals surface area contributed by atoms with Gasteiger partial charge in [-0.1, -0.05) is 30.3 Å². The van der Waals surface area contributed by atoms with E-state index in [4.69, 9.17) is 0 Å². The summed E-state index contributed by atoms with van der Waals surface area (Å²) < 4.78 is 0. The first-order valence-corrected chi connectivity index (χ1v) is 8.94. The van der Waals surface area contributed by atoms with Crippen LogP contribution in [0, 0.1) is 0 Å². The molecule has 0 saturated carbocycles. The Labute approximate surface area is 144 Å². The summed E-state index contributed by atoms with van der Waals surface area (Å²) in [5, 5.41) is 4.16. The van der Waals surface area contributed by atoms with Gasteiger partial charge in [0.25, 0.3) is 0 Å². The van der Waals surface area contributed by atoms with Crippen molar-refractivity contribution in [2.45, 2.75) is 12.8 Å². The maximum absolute atomic E-state index is 12.2. The van der Waals surface area contributed by atoms with Gasteiger partial charge in [0.2, 0.25) is 5.91 Å². The number of nitrogens with one attached hydrogen (secondary N) is 1. The van der Waals surface area contributed by atoms with Crippen molar-refractivity contribution in [1.82, 2.24) is 14.9 Å². The topological polar surface area (TPSA) is 58.1 Å². The number of hydrogen-bond donors (Lipinski definition) is 1.